The topological polar surface area (TPSA) is 59.1 Å². The molecule has 0 aliphatic heterocycles. The van der Waals surface area contributed by atoms with Crippen molar-refractivity contribution in [3.63, 3.8) is 0 Å². The van der Waals surface area contributed by atoms with Crippen LogP contribution in [0.3, 0.4) is 0 Å². The Bertz CT molecular complexity index is 655. The van der Waals surface area contributed by atoms with E-state index in [-0.39, 0.29) is 5.13 Å². The van der Waals surface area contributed by atoms with Crippen LogP contribution in [0.1, 0.15) is 0 Å². The average Bonchev–Trinajstić information content (AvgIpc) is 2.77. The van der Waals surface area contributed by atoms with Crippen LogP contribution in [0.4, 0.5) is 5.13 Å². The number of hydrogen-bond donors (Lipinski definition) is 1. The predicted octanol–water partition coefficient (Wildman–Crippen LogP) is 3.40. The van der Waals surface area contributed by atoms with Crippen LogP contribution >= 0.6 is 34.5 Å². The molecular formula is C10H8Cl2N2O2S2. The van der Waals surface area contributed by atoms with Gasteiger partial charge in [-0.3, -0.25) is 4.72 Å². The molecule has 96 valence electrons. The molecule has 0 spiro atoms. The molecule has 2 rings (SSSR count). The van der Waals surface area contributed by atoms with E-state index in [9.17, 15) is 8.42 Å². The lowest BCUT2D eigenvalue weighted by Crippen LogP contribution is -2.13. The summed E-state index contributed by atoms with van der Waals surface area (Å²) >= 11 is 12.5. The minimum atomic E-state index is -3.52. The Morgan fingerprint density at radius 2 is 2.06 bits per heavy atom. The van der Waals surface area contributed by atoms with Crippen molar-refractivity contribution in [3.8, 4) is 11.3 Å². The monoisotopic (exact) mass is 322 g/mol. The van der Waals surface area contributed by atoms with Crippen molar-refractivity contribution >= 4 is 49.7 Å². The van der Waals surface area contributed by atoms with Gasteiger partial charge in [-0.15, -0.1) is 22.9 Å². The molecule has 0 saturated carbocycles. The van der Waals surface area contributed by atoms with Crippen molar-refractivity contribution in [1.82, 2.24) is 4.98 Å². The minimum Gasteiger partial charge on any atom is -0.258 e. The molecule has 0 radical (unpaired) electrons. The van der Waals surface area contributed by atoms with Gasteiger partial charge in [-0.25, -0.2) is 13.4 Å². The number of thiazole rings is 1. The second kappa shape index (κ2) is 5.44. The first kappa shape index (κ1) is 13.6. The summed E-state index contributed by atoms with van der Waals surface area (Å²) in [6.07, 6.45) is 0. The molecule has 8 heteroatoms. The molecule has 18 heavy (non-hydrogen) atoms. The third kappa shape index (κ3) is 3.14. The van der Waals surface area contributed by atoms with Crippen LogP contribution in [-0.2, 0) is 10.0 Å². The van der Waals surface area contributed by atoms with Gasteiger partial charge in [0.05, 0.1) is 5.69 Å². The summed E-state index contributed by atoms with van der Waals surface area (Å²) in [6, 6.07) is 7.22. The van der Waals surface area contributed by atoms with Gasteiger partial charge in [0.25, 0.3) is 0 Å². The summed E-state index contributed by atoms with van der Waals surface area (Å²) in [5, 5.41) is 2.06. The second-order valence-electron chi connectivity index (χ2n) is 3.34. The predicted molar refractivity (Wildman–Crippen MR) is 75.8 cm³/mol. The quantitative estimate of drug-likeness (QED) is 0.877. The normalized spacial score (nSPS) is 11.4. The molecule has 0 amide bonds. The number of rotatable bonds is 4. The SMILES string of the molecule is O=S(=O)(CCl)Nc1nc(-c2ccccc2Cl)cs1. The lowest BCUT2D eigenvalue weighted by molar-refractivity contribution is 0.605. The summed E-state index contributed by atoms with van der Waals surface area (Å²) in [6.45, 7) is 0. The van der Waals surface area contributed by atoms with E-state index in [1.807, 2.05) is 18.2 Å². The molecule has 2 aromatic rings. The van der Waals surface area contributed by atoms with Crippen molar-refractivity contribution in [2.45, 2.75) is 0 Å². The number of anilines is 1. The summed E-state index contributed by atoms with van der Waals surface area (Å²) in [4.78, 5) is 4.16. The fourth-order valence-electron chi connectivity index (χ4n) is 1.27. The van der Waals surface area contributed by atoms with Gasteiger partial charge < -0.3 is 0 Å². The van der Waals surface area contributed by atoms with Crippen molar-refractivity contribution in [2.75, 3.05) is 9.93 Å². The number of nitrogens with zero attached hydrogens (tertiary/aromatic N) is 1. The summed E-state index contributed by atoms with van der Waals surface area (Å²) in [7, 11) is -3.52. The number of hydrogen-bond acceptors (Lipinski definition) is 4. The van der Waals surface area contributed by atoms with E-state index in [1.165, 1.54) is 11.3 Å². The molecule has 4 nitrogen and oxygen atoms in total. The molecular weight excluding hydrogens is 315 g/mol. The zero-order valence-corrected chi connectivity index (χ0v) is 12.1. The molecule has 1 aromatic heterocycles. The van der Waals surface area contributed by atoms with Crippen LogP contribution < -0.4 is 4.72 Å². The summed E-state index contributed by atoms with van der Waals surface area (Å²) < 4.78 is 24.8. The highest BCUT2D eigenvalue weighted by Gasteiger charge is 2.12. The maximum Gasteiger partial charge on any atom is 0.248 e. The van der Waals surface area contributed by atoms with Crippen LogP contribution in [0.25, 0.3) is 11.3 Å². The average molecular weight is 323 g/mol. The number of nitrogens with one attached hydrogen (secondary N) is 1. The molecule has 0 saturated heterocycles. The largest absolute Gasteiger partial charge is 0.258 e. The fraction of sp³-hybridized carbons (Fsp3) is 0.100. The molecule has 0 unspecified atom stereocenters. The molecule has 1 aromatic carbocycles. The van der Waals surface area contributed by atoms with Crippen molar-refractivity contribution in [1.29, 1.82) is 0 Å². The van der Waals surface area contributed by atoms with Crippen LogP contribution in [0, 0.1) is 0 Å². The third-order valence-electron chi connectivity index (χ3n) is 2.04. The molecule has 1 N–H and O–H groups in total. The van der Waals surface area contributed by atoms with Gasteiger partial charge in [-0.05, 0) is 6.07 Å². The second-order valence-corrected chi connectivity index (χ2v) is 6.92. The Morgan fingerprint density at radius 3 is 2.72 bits per heavy atom. The minimum absolute atomic E-state index is 0.269. The van der Waals surface area contributed by atoms with Crippen molar-refractivity contribution < 1.29 is 8.42 Å². The van der Waals surface area contributed by atoms with E-state index in [0.29, 0.717) is 10.7 Å². The van der Waals surface area contributed by atoms with Crippen molar-refractivity contribution in [3.05, 3.63) is 34.7 Å². The van der Waals surface area contributed by atoms with Crippen LogP contribution in [-0.4, -0.2) is 18.6 Å². The van der Waals surface area contributed by atoms with E-state index >= 15 is 0 Å². The van der Waals surface area contributed by atoms with Gasteiger partial charge in [0.1, 0.15) is 5.21 Å². The van der Waals surface area contributed by atoms with Gasteiger partial charge in [-0.1, -0.05) is 29.8 Å². The van der Waals surface area contributed by atoms with Gasteiger partial charge in [0, 0.05) is 16.0 Å². The highest BCUT2D eigenvalue weighted by molar-refractivity contribution is 7.94. The first-order chi connectivity index (χ1) is 8.52. The van der Waals surface area contributed by atoms with E-state index in [1.54, 1.807) is 11.4 Å². The van der Waals surface area contributed by atoms with Gasteiger partial charge >= 0.3 is 0 Å². The van der Waals surface area contributed by atoms with E-state index in [4.69, 9.17) is 23.2 Å². The fourth-order valence-corrected chi connectivity index (χ4v) is 3.16. The lowest BCUT2D eigenvalue weighted by atomic mass is 10.2. The van der Waals surface area contributed by atoms with Gasteiger partial charge in [-0.2, -0.15) is 0 Å². The Kier molecular flexibility index (Phi) is 4.11. The molecule has 1 heterocycles. The number of alkyl halides is 1. The zero-order valence-electron chi connectivity index (χ0n) is 8.93. The van der Waals surface area contributed by atoms with Gasteiger partial charge in [0.15, 0.2) is 5.13 Å². The maximum atomic E-state index is 11.3. The Labute approximate surface area is 119 Å². The van der Waals surface area contributed by atoms with Crippen molar-refractivity contribution in [2.24, 2.45) is 0 Å². The Hall–Kier alpha value is -0.820. The lowest BCUT2D eigenvalue weighted by Gasteiger charge is -2.00. The maximum absolute atomic E-state index is 11.3. The molecule has 0 aliphatic rings. The van der Waals surface area contributed by atoms with Crippen LogP contribution in [0.5, 0.6) is 0 Å². The standard InChI is InChI=1S/C10H8Cl2N2O2S2/c11-6-18(15,16)14-10-13-9(5-17-10)7-3-1-2-4-8(7)12/h1-5H,6H2,(H,13,14). The number of halogens is 2. The highest BCUT2D eigenvalue weighted by atomic mass is 35.5. The molecule has 0 aliphatic carbocycles. The number of aromatic nitrogens is 1. The van der Waals surface area contributed by atoms with Crippen LogP contribution in [0.15, 0.2) is 29.6 Å². The van der Waals surface area contributed by atoms with E-state index < -0.39 is 15.2 Å². The number of sulfonamides is 1. The first-order valence-corrected chi connectivity index (χ1v) is 8.23. The zero-order chi connectivity index (χ0) is 13.2. The number of benzene rings is 1. The first-order valence-electron chi connectivity index (χ1n) is 4.79. The Morgan fingerprint density at radius 1 is 1.33 bits per heavy atom. The molecule has 0 fully saturated rings. The molecule has 0 bridgehead atoms. The summed E-state index contributed by atoms with van der Waals surface area (Å²) in [5.74, 6) is 0. The van der Waals surface area contributed by atoms with Crippen LogP contribution in [0.2, 0.25) is 5.02 Å². The third-order valence-corrected chi connectivity index (χ3v) is 4.91. The smallest absolute Gasteiger partial charge is 0.248 e. The van der Waals surface area contributed by atoms with Gasteiger partial charge in [0.2, 0.25) is 10.0 Å². The van der Waals surface area contributed by atoms with E-state index in [2.05, 4.69) is 9.71 Å². The van der Waals surface area contributed by atoms with E-state index in [0.717, 1.165) is 5.56 Å². The highest BCUT2D eigenvalue weighted by Crippen LogP contribution is 2.30. The molecule has 0 atom stereocenters. The summed E-state index contributed by atoms with van der Waals surface area (Å²) in [5.41, 5.74) is 1.38. The Balaban J connectivity index is 2.29.